The third kappa shape index (κ3) is 3.97. The number of benzene rings is 3. The molecule has 0 aliphatic carbocycles. The predicted octanol–water partition coefficient (Wildman–Crippen LogP) is 5.39. The summed E-state index contributed by atoms with van der Waals surface area (Å²) in [4.78, 5) is 17.5. The van der Waals surface area contributed by atoms with Gasteiger partial charge in [-0.05, 0) is 67.4 Å². The fourth-order valence-electron chi connectivity index (χ4n) is 3.45. The van der Waals surface area contributed by atoms with Crippen molar-refractivity contribution in [2.75, 3.05) is 26.6 Å². The van der Waals surface area contributed by atoms with Gasteiger partial charge in [0.15, 0.2) is 17.1 Å². The number of aryl methyl sites for hydroxylation is 2. The van der Waals surface area contributed by atoms with Gasteiger partial charge in [0.1, 0.15) is 5.52 Å². The highest BCUT2D eigenvalue weighted by Gasteiger charge is 2.18. The number of hydrogen-bond donors (Lipinski definition) is 1. The molecule has 0 aliphatic heterocycles. The topological polar surface area (TPSA) is 82.8 Å². The minimum Gasteiger partial charge on any atom is -0.493 e. The molecule has 7 nitrogen and oxygen atoms in total. The molecule has 4 aromatic rings. The van der Waals surface area contributed by atoms with Crippen molar-refractivity contribution in [3.8, 4) is 28.7 Å². The largest absolute Gasteiger partial charge is 0.493 e. The van der Waals surface area contributed by atoms with Crippen molar-refractivity contribution < 1.29 is 23.4 Å². The van der Waals surface area contributed by atoms with Gasteiger partial charge in [-0.3, -0.25) is 4.79 Å². The molecule has 7 heteroatoms. The number of carbonyl (C=O) groups is 1. The molecule has 0 unspecified atom stereocenters. The molecule has 0 fully saturated rings. The van der Waals surface area contributed by atoms with Crippen molar-refractivity contribution in [2.24, 2.45) is 0 Å². The number of nitrogens with one attached hydrogen (secondary N) is 1. The number of nitrogens with zero attached hydrogens (tertiary/aromatic N) is 1. The van der Waals surface area contributed by atoms with Crippen LogP contribution in [0.5, 0.6) is 17.2 Å². The molecule has 1 aromatic heterocycles. The van der Waals surface area contributed by atoms with Crippen LogP contribution in [-0.4, -0.2) is 32.2 Å². The zero-order valence-electron chi connectivity index (χ0n) is 18.6. The molecule has 0 spiro atoms. The van der Waals surface area contributed by atoms with E-state index >= 15 is 0 Å². The number of aromatic nitrogens is 1. The Balaban J connectivity index is 1.63. The summed E-state index contributed by atoms with van der Waals surface area (Å²) in [6.45, 7) is 4.08. The monoisotopic (exact) mass is 432 g/mol. The third-order valence-corrected chi connectivity index (χ3v) is 5.30. The number of carbonyl (C=O) groups excluding carboxylic acids is 1. The molecular weight excluding hydrogens is 408 g/mol. The highest BCUT2D eigenvalue weighted by atomic mass is 16.5. The lowest BCUT2D eigenvalue weighted by atomic mass is 10.1. The molecule has 0 aliphatic rings. The van der Waals surface area contributed by atoms with Gasteiger partial charge in [-0.1, -0.05) is 6.07 Å². The average Bonchev–Trinajstić information content (AvgIpc) is 3.21. The Bertz CT molecular complexity index is 1250. The molecule has 0 bridgehead atoms. The maximum atomic E-state index is 12.9. The van der Waals surface area contributed by atoms with E-state index in [1.807, 2.05) is 44.2 Å². The van der Waals surface area contributed by atoms with Gasteiger partial charge in [0.25, 0.3) is 5.91 Å². The minimum absolute atomic E-state index is 0.315. The molecular formula is C25H24N2O5. The van der Waals surface area contributed by atoms with Crippen molar-refractivity contribution in [1.29, 1.82) is 0 Å². The number of fused-ring (bicyclic) bond motifs is 1. The number of methoxy groups -OCH3 is 3. The second kappa shape index (κ2) is 8.63. The van der Waals surface area contributed by atoms with Crippen LogP contribution in [0, 0.1) is 13.8 Å². The normalized spacial score (nSPS) is 10.8. The molecule has 0 atom stereocenters. The van der Waals surface area contributed by atoms with Gasteiger partial charge in [-0.15, -0.1) is 0 Å². The number of anilines is 1. The smallest absolute Gasteiger partial charge is 0.255 e. The minimum atomic E-state index is -0.315. The molecule has 0 radical (unpaired) electrons. The summed E-state index contributed by atoms with van der Waals surface area (Å²) in [5.41, 5.74) is 5.58. The van der Waals surface area contributed by atoms with Gasteiger partial charge in [0.05, 0.1) is 21.3 Å². The molecule has 32 heavy (non-hydrogen) atoms. The Hall–Kier alpha value is -4.00. The molecule has 1 heterocycles. The summed E-state index contributed by atoms with van der Waals surface area (Å²) in [5, 5.41) is 2.90. The standard InChI is InChI=1S/C25H24N2O5/c1-14-9-19-20(10-15(14)2)32-25(27-19)16-7-6-8-18(11-16)26-24(28)17-12-21(29-3)23(31-5)22(13-17)30-4/h6-13H,1-5H3,(H,26,28). The summed E-state index contributed by atoms with van der Waals surface area (Å²) in [7, 11) is 4.53. The van der Waals surface area contributed by atoms with Crippen LogP contribution < -0.4 is 19.5 Å². The number of ether oxygens (including phenoxy) is 3. The zero-order valence-corrected chi connectivity index (χ0v) is 18.6. The van der Waals surface area contributed by atoms with Gasteiger partial charge in [-0.25, -0.2) is 4.98 Å². The van der Waals surface area contributed by atoms with Crippen molar-refractivity contribution >= 4 is 22.7 Å². The quantitative estimate of drug-likeness (QED) is 0.440. The Kier molecular flexibility index (Phi) is 5.73. The van der Waals surface area contributed by atoms with E-state index < -0.39 is 0 Å². The summed E-state index contributed by atoms with van der Waals surface area (Å²) in [6, 6.07) is 14.5. The van der Waals surface area contributed by atoms with Crippen LogP contribution in [-0.2, 0) is 0 Å². The van der Waals surface area contributed by atoms with E-state index in [0.717, 1.165) is 27.8 Å². The third-order valence-electron chi connectivity index (χ3n) is 5.30. The molecule has 0 saturated heterocycles. The number of rotatable bonds is 6. The SMILES string of the molecule is COc1cc(C(=O)Nc2cccc(-c3nc4cc(C)c(C)cc4o3)c2)cc(OC)c1OC. The van der Waals surface area contributed by atoms with E-state index in [-0.39, 0.29) is 5.91 Å². The Morgan fingerprint density at radius 2 is 1.59 bits per heavy atom. The summed E-state index contributed by atoms with van der Waals surface area (Å²) >= 11 is 0. The lowest BCUT2D eigenvalue weighted by Gasteiger charge is -2.14. The lowest BCUT2D eigenvalue weighted by molar-refractivity contribution is 0.102. The van der Waals surface area contributed by atoms with E-state index in [1.54, 1.807) is 18.2 Å². The van der Waals surface area contributed by atoms with Gasteiger partial charge < -0.3 is 23.9 Å². The molecule has 4 rings (SSSR count). The number of oxazole rings is 1. The van der Waals surface area contributed by atoms with E-state index in [9.17, 15) is 4.79 Å². The molecule has 1 N–H and O–H groups in total. The van der Waals surface area contributed by atoms with Crippen LogP contribution in [0.25, 0.3) is 22.6 Å². The molecule has 164 valence electrons. The highest BCUT2D eigenvalue weighted by Crippen LogP contribution is 2.38. The van der Waals surface area contributed by atoms with Crippen molar-refractivity contribution in [3.63, 3.8) is 0 Å². The van der Waals surface area contributed by atoms with E-state index in [4.69, 9.17) is 18.6 Å². The zero-order chi connectivity index (χ0) is 22.8. The number of amides is 1. The Morgan fingerprint density at radius 3 is 2.25 bits per heavy atom. The first-order chi connectivity index (χ1) is 15.4. The van der Waals surface area contributed by atoms with Crippen molar-refractivity contribution in [2.45, 2.75) is 13.8 Å². The molecule has 1 amide bonds. The van der Waals surface area contributed by atoms with Crippen molar-refractivity contribution in [3.05, 3.63) is 65.2 Å². The van der Waals surface area contributed by atoms with E-state index in [1.165, 1.54) is 21.3 Å². The Labute approximate surface area is 185 Å². The van der Waals surface area contributed by atoms with E-state index in [2.05, 4.69) is 10.3 Å². The van der Waals surface area contributed by atoms with Crippen LogP contribution in [0.4, 0.5) is 5.69 Å². The van der Waals surface area contributed by atoms with E-state index in [0.29, 0.717) is 34.4 Å². The van der Waals surface area contributed by atoms with Crippen LogP contribution >= 0.6 is 0 Å². The first-order valence-corrected chi connectivity index (χ1v) is 10.0. The van der Waals surface area contributed by atoms with Crippen LogP contribution in [0.2, 0.25) is 0 Å². The first kappa shape index (κ1) is 21.2. The molecule has 0 saturated carbocycles. The second-order valence-electron chi connectivity index (χ2n) is 7.37. The average molecular weight is 432 g/mol. The van der Waals surface area contributed by atoms with Gasteiger partial charge in [0.2, 0.25) is 11.6 Å². The Morgan fingerprint density at radius 1 is 0.906 bits per heavy atom. The van der Waals surface area contributed by atoms with Gasteiger partial charge >= 0.3 is 0 Å². The summed E-state index contributed by atoms with van der Waals surface area (Å²) < 4.78 is 21.9. The number of hydrogen-bond acceptors (Lipinski definition) is 6. The summed E-state index contributed by atoms with van der Waals surface area (Å²) in [6.07, 6.45) is 0. The van der Waals surface area contributed by atoms with Crippen LogP contribution in [0.3, 0.4) is 0 Å². The maximum Gasteiger partial charge on any atom is 0.255 e. The first-order valence-electron chi connectivity index (χ1n) is 10.0. The van der Waals surface area contributed by atoms with Crippen LogP contribution in [0.15, 0.2) is 52.9 Å². The maximum absolute atomic E-state index is 12.9. The summed E-state index contributed by atoms with van der Waals surface area (Å²) in [5.74, 6) is 1.42. The van der Waals surface area contributed by atoms with Gasteiger partial charge in [0, 0.05) is 16.8 Å². The van der Waals surface area contributed by atoms with Gasteiger partial charge in [-0.2, -0.15) is 0 Å². The predicted molar refractivity (Wildman–Crippen MR) is 123 cm³/mol. The highest BCUT2D eigenvalue weighted by molar-refractivity contribution is 6.05. The fraction of sp³-hybridized carbons (Fsp3) is 0.200. The lowest BCUT2D eigenvalue weighted by Crippen LogP contribution is -2.12. The van der Waals surface area contributed by atoms with Crippen molar-refractivity contribution in [1.82, 2.24) is 4.98 Å². The molecule has 3 aromatic carbocycles. The van der Waals surface area contributed by atoms with Crippen LogP contribution in [0.1, 0.15) is 21.5 Å². The fourth-order valence-corrected chi connectivity index (χ4v) is 3.45. The second-order valence-corrected chi connectivity index (χ2v) is 7.37.